The summed E-state index contributed by atoms with van der Waals surface area (Å²) in [6.07, 6.45) is -6.24. The minimum absolute atomic E-state index is 0.779. The van der Waals surface area contributed by atoms with Crippen LogP contribution in [0.5, 0.6) is 0 Å². The number of hydrogen-bond donors (Lipinski definition) is 0. The van der Waals surface area contributed by atoms with Crippen LogP contribution in [0, 0.1) is 116 Å². The van der Waals surface area contributed by atoms with E-state index in [-0.39, 0.29) is 0 Å². The van der Waals surface area contributed by atoms with E-state index >= 15 is 35.1 Å². The highest BCUT2D eigenvalue weighted by Crippen LogP contribution is 2.58. The van der Waals surface area contributed by atoms with Crippen molar-refractivity contribution in [1.29, 1.82) is 0 Å². The molecule has 0 heterocycles. The van der Waals surface area contributed by atoms with E-state index in [9.17, 15) is 52.7 Å². The topological polar surface area (TPSA) is 0 Å². The van der Waals surface area contributed by atoms with Crippen LogP contribution in [0.2, 0.25) is 5.02 Å². The Balaban J connectivity index is 0.000000238. The van der Waals surface area contributed by atoms with E-state index in [1.54, 1.807) is 0 Å². The first kappa shape index (κ1) is 53.0. The fraction of sp³-hybridized carbons (Fsp3) is 0.0204. The van der Waals surface area contributed by atoms with Gasteiger partial charge in [0.2, 0.25) is 0 Å². The van der Waals surface area contributed by atoms with Crippen molar-refractivity contribution < 1.29 is 87.8 Å². The van der Waals surface area contributed by atoms with Gasteiger partial charge >= 0.3 is 0 Å². The van der Waals surface area contributed by atoms with Crippen molar-refractivity contribution in [2.24, 2.45) is 0 Å². The minimum Gasteiger partial charge on any atom is -0.207 e. The molecular weight excluding hydrogens is 1050 g/mol. The van der Waals surface area contributed by atoms with Gasteiger partial charge in [0.15, 0.2) is 69.8 Å². The molecule has 372 valence electrons. The van der Waals surface area contributed by atoms with E-state index in [4.69, 9.17) is 11.6 Å². The molecule has 0 atom stereocenters. The highest BCUT2D eigenvalue weighted by atomic mass is 35.5. The van der Waals surface area contributed by atoms with Gasteiger partial charge in [0.05, 0.1) is 6.16 Å². The van der Waals surface area contributed by atoms with Gasteiger partial charge in [-0.15, -0.1) is 21.9 Å². The molecule has 8 aromatic rings. The molecule has 23 heteroatoms. The van der Waals surface area contributed by atoms with E-state index in [1.807, 2.05) is 12.1 Å². The Bertz CT molecular complexity index is 2900. The third-order valence-electron chi connectivity index (χ3n) is 11.6. The third-order valence-corrected chi connectivity index (χ3v) is 16.3. The maximum Gasteiger partial charge on any atom is 0.200 e. The summed E-state index contributed by atoms with van der Waals surface area (Å²) in [5.74, 6) is -71.4. The standard InChI is InChI=1S/C25H21ClP.C24BF20/c26-22-18-16-21(17-19-22)20-27(23-10-4-1-5-11-23,24-12-6-2-7-13-24)25-14-8-3-9-15-25;26-5-1(6(27)14(35)21(42)13(5)34)25(2-7(28)15(36)22(43)16(37)8(2)29,3-9(30)17(38)23(44)18(39)10(3)31)4-11(32)19(40)24(45)20(41)12(4)33/h1-19H,20H2;/q+1;-1. The van der Waals surface area contributed by atoms with Crippen LogP contribution in [0.15, 0.2) is 115 Å². The molecule has 8 aromatic carbocycles. The van der Waals surface area contributed by atoms with Crippen LogP contribution in [0.4, 0.5) is 87.8 Å². The Hall–Kier alpha value is -6.86. The summed E-state index contributed by atoms with van der Waals surface area (Å²) >= 11 is 6.14. The normalized spacial score (nSPS) is 11.7. The molecule has 0 saturated heterocycles. The molecule has 0 fully saturated rings. The highest BCUT2D eigenvalue weighted by Gasteiger charge is 2.52. The van der Waals surface area contributed by atoms with Crippen LogP contribution in [0.3, 0.4) is 0 Å². The number of hydrogen-bond acceptors (Lipinski definition) is 0. The van der Waals surface area contributed by atoms with Gasteiger partial charge in [0.25, 0.3) is 0 Å². The minimum atomic E-state index is -7.22. The predicted molar refractivity (Wildman–Crippen MR) is 230 cm³/mol. The van der Waals surface area contributed by atoms with Crippen molar-refractivity contribution in [2.75, 3.05) is 0 Å². The smallest absolute Gasteiger partial charge is 0.200 e. The van der Waals surface area contributed by atoms with E-state index in [0.29, 0.717) is 0 Å². The summed E-state index contributed by atoms with van der Waals surface area (Å²) < 4.78 is 294. The molecular formula is C49H21BClF20P. The molecule has 0 nitrogen and oxygen atoms in total. The summed E-state index contributed by atoms with van der Waals surface area (Å²) in [5.41, 5.74) is -13.0. The van der Waals surface area contributed by atoms with E-state index in [2.05, 4.69) is 103 Å². The first-order valence-corrected chi connectivity index (χ1v) is 22.4. The van der Waals surface area contributed by atoms with Crippen molar-refractivity contribution in [2.45, 2.75) is 6.16 Å². The predicted octanol–water partition coefficient (Wildman–Crippen LogP) is 11.7. The average Bonchev–Trinajstić information content (AvgIpc) is 3.39. The number of rotatable bonds is 9. The average molecular weight is 1070 g/mol. The lowest BCUT2D eigenvalue weighted by Gasteiger charge is -2.44. The molecule has 0 bridgehead atoms. The Kier molecular flexibility index (Phi) is 15.0. The molecule has 0 amide bonds. The molecule has 0 unspecified atom stereocenters. The fourth-order valence-corrected chi connectivity index (χ4v) is 12.9. The number of halogens is 21. The molecule has 0 radical (unpaired) electrons. The van der Waals surface area contributed by atoms with Crippen molar-refractivity contribution in [3.63, 3.8) is 0 Å². The lowest BCUT2D eigenvalue weighted by Crippen LogP contribution is -2.81. The maximum absolute atomic E-state index is 15.4. The van der Waals surface area contributed by atoms with Crippen LogP contribution < -0.4 is 37.8 Å². The first-order chi connectivity index (χ1) is 34.0. The van der Waals surface area contributed by atoms with Gasteiger partial charge in [0, 0.05) is 5.02 Å². The van der Waals surface area contributed by atoms with Crippen LogP contribution >= 0.6 is 18.9 Å². The van der Waals surface area contributed by atoms with Gasteiger partial charge in [0.1, 0.15) is 75.9 Å². The SMILES string of the molecule is Clc1ccc(C[P+](c2ccccc2)(c2ccccc2)c2ccccc2)cc1.Fc1c(F)c(F)c([B-](c2c(F)c(F)c(F)c(F)c2F)(c2c(F)c(F)c(F)c(F)c2F)c2c(F)c(F)c(F)c(F)c2F)c(F)c1F. The van der Waals surface area contributed by atoms with E-state index in [0.717, 1.165) is 11.2 Å². The molecule has 8 rings (SSSR count). The van der Waals surface area contributed by atoms with Crippen molar-refractivity contribution in [3.05, 3.63) is 242 Å². The Labute approximate surface area is 398 Å². The number of benzene rings is 8. The fourth-order valence-electron chi connectivity index (χ4n) is 8.51. The summed E-state index contributed by atoms with van der Waals surface area (Å²) in [7, 11) is -1.83. The molecule has 0 aliphatic carbocycles. The van der Waals surface area contributed by atoms with Crippen LogP contribution in [-0.2, 0) is 6.16 Å². The Morgan fingerprint density at radius 2 is 0.458 bits per heavy atom. The second-order valence-electron chi connectivity index (χ2n) is 15.4. The Morgan fingerprint density at radius 3 is 0.667 bits per heavy atom. The molecule has 0 aliphatic rings. The van der Waals surface area contributed by atoms with Gasteiger partial charge in [-0.25, -0.2) is 87.8 Å². The van der Waals surface area contributed by atoms with Gasteiger partial charge in [-0.2, -0.15) is 0 Å². The third kappa shape index (κ3) is 8.42. The molecule has 0 saturated carbocycles. The van der Waals surface area contributed by atoms with Gasteiger partial charge in [-0.05, 0) is 54.1 Å². The van der Waals surface area contributed by atoms with Crippen molar-refractivity contribution >= 4 is 62.8 Å². The maximum atomic E-state index is 15.4. The second kappa shape index (κ2) is 20.3. The molecule has 0 N–H and O–H groups in total. The van der Waals surface area contributed by atoms with Crippen molar-refractivity contribution in [3.8, 4) is 0 Å². The largest absolute Gasteiger partial charge is 0.207 e. The monoisotopic (exact) mass is 1070 g/mol. The lowest BCUT2D eigenvalue weighted by atomic mass is 9.12. The van der Waals surface area contributed by atoms with E-state index < -0.39 is 152 Å². The van der Waals surface area contributed by atoms with Gasteiger partial charge in [-0.3, -0.25) is 0 Å². The summed E-state index contributed by atoms with van der Waals surface area (Å²) in [5, 5.41) is 4.98. The second-order valence-corrected chi connectivity index (χ2v) is 19.3. The summed E-state index contributed by atoms with van der Waals surface area (Å²) in [4.78, 5) is 0. The van der Waals surface area contributed by atoms with E-state index in [1.165, 1.54) is 21.5 Å². The van der Waals surface area contributed by atoms with Crippen molar-refractivity contribution in [1.82, 2.24) is 0 Å². The van der Waals surface area contributed by atoms with Crippen LogP contribution in [0.25, 0.3) is 0 Å². The van der Waals surface area contributed by atoms with Gasteiger partial charge < -0.3 is 0 Å². The zero-order valence-corrected chi connectivity index (χ0v) is 36.8. The van der Waals surface area contributed by atoms with Crippen LogP contribution in [-0.4, -0.2) is 6.15 Å². The highest BCUT2D eigenvalue weighted by molar-refractivity contribution is 7.95. The molecule has 0 aromatic heterocycles. The summed E-state index contributed by atoms with van der Waals surface area (Å²) in [6.45, 7) is 0. The quantitative estimate of drug-likeness (QED) is 0.0444. The zero-order chi connectivity index (χ0) is 52.9. The summed E-state index contributed by atoms with van der Waals surface area (Å²) in [6, 6.07) is 41.2. The molecule has 0 spiro atoms. The van der Waals surface area contributed by atoms with Crippen LogP contribution in [0.1, 0.15) is 5.56 Å². The zero-order valence-electron chi connectivity index (χ0n) is 35.1. The first-order valence-electron chi connectivity index (χ1n) is 20.0. The molecule has 0 aliphatic heterocycles. The molecule has 72 heavy (non-hydrogen) atoms. The lowest BCUT2D eigenvalue weighted by molar-refractivity contribution is 0.378. The Morgan fingerprint density at radius 1 is 0.264 bits per heavy atom. The van der Waals surface area contributed by atoms with Gasteiger partial charge in [-0.1, -0.05) is 78.3 Å².